The van der Waals surface area contributed by atoms with Gasteiger partial charge in [0.25, 0.3) is 0 Å². The standard InChI is InChI=1S/C51H95NO5/c1-3-5-7-9-11-13-15-17-19-21-23-27-31-35-39-43-49(54)48(47-53)52-50(55)44-40-36-32-28-25-26-30-34-38-42-46-57-51(56)45-41-37-33-29-24-22-20-18-16-14-12-10-8-6-4-2/h18,20,26,30,39,43,48-49,53-54H,3-17,19,21-25,27-29,31-38,40-42,44-47H2,1-2H3,(H,52,55)/b20-18-,30-26-,43-39+. The Labute approximate surface area is 353 Å². The molecule has 57 heavy (non-hydrogen) atoms. The summed E-state index contributed by atoms with van der Waals surface area (Å²) in [5, 5.41) is 23.0. The zero-order chi connectivity index (χ0) is 41.5. The van der Waals surface area contributed by atoms with E-state index in [1.807, 2.05) is 6.08 Å². The van der Waals surface area contributed by atoms with Crippen LogP contribution in [0.5, 0.6) is 0 Å². The molecular weight excluding hydrogens is 707 g/mol. The van der Waals surface area contributed by atoms with E-state index in [-0.39, 0.29) is 18.5 Å². The molecule has 0 aliphatic heterocycles. The van der Waals surface area contributed by atoms with E-state index in [1.165, 1.54) is 148 Å². The minimum absolute atomic E-state index is 0.0470. The molecule has 1 amide bonds. The minimum Gasteiger partial charge on any atom is -0.466 e. The highest BCUT2D eigenvalue weighted by atomic mass is 16.5. The summed E-state index contributed by atoms with van der Waals surface area (Å²) in [4.78, 5) is 24.4. The molecule has 334 valence electrons. The van der Waals surface area contributed by atoms with Crippen molar-refractivity contribution < 1.29 is 24.5 Å². The molecule has 0 aliphatic rings. The predicted molar refractivity (Wildman–Crippen MR) is 246 cm³/mol. The fraction of sp³-hybridized carbons (Fsp3) is 0.843. The Morgan fingerprint density at radius 3 is 1.25 bits per heavy atom. The Morgan fingerprint density at radius 1 is 0.474 bits per heavy atom. The molecule has 2 atom stereocenters. The van der Waals surface area contributed by atoms with E-state index < -0.39 is 12.1 Å². The van der Waals surface area contributed by atoms with Gasteiger partial charge in [-0.05, 0) is 83.5 Å². The number of carbonyl (C=O) groups is 2. The summed E-state index contributed by atoms with van der Waals surface area (Å²) in [6.45, 7) is 4.79. The first-order chi connectivity index (χ1) is 28.0. The molecule has 3 N–H and O–H groups in total. The quantitative estimate of drug-likeness (QED) is 0.0324. The number of aliphatic hydroxyl groups excluding tert-OH is 2. The van der Waals surface area contributed by atoms with Crippen LogP contribution in [-0.4, -0.2) is 47.4 Å². The van der Waals surface area contributed by atoms with Crippen LogP contribution in [0.1, 0.15) is 251 Å². The molecule has 0 aromatic carbocycles. The lowest BCUT2D eigenvalue weighted by Gasteiger charge is -2.20. The average Bonchev–Trinajstić information content (AvgIpc) is 3.21. The van der Waals surface area contributed by atoms with Crippen LogP contribution in [-0.2, 0) is 14.3 Å². The number of ether oxygens (including phenoxy) is 1. The molecule has 0 spiro atoms. The molecule has 0 aromatic heterocycles. The Morgan fingerprint density at radius 2 is 0.825 bits per heavy atom. The van der Waals surface area contributed by atoms with Crippen molar-refractivity contribution in [3.63, 3.8) is 0 Å². The molecule has 0 radical (unpaired) electrons. The summed E-state index contributed by atoms with van der Waals surface area (Å²) in [6.07, 6.45) is 55.7. The summed E-state index contributed by atoms with van der Waals surface area (Å²) < 4.78 is 5.42. The smallest absolute Gasteiger partial charge is 0.305 e. The monoisotopic (exact) mass is 802 g/mol. The van der Waals surface area contributed by atoms with Gasteiger partial charge in [0.2, 0.25) is 5.91 Å². The first-order valence-corrected chi connectivity index (χ1v) is 24.8. The van der Waals surface area contributed by atoms with Crippen LogP contribution in [0.2, 0.25) is 0 Å². The van der Waals surface area contributed by atoms with Gasteiger partial charge in [-0.2, -0.15) is 0 Å². The number of hydrogen-bond donors (Lipinski definition) is 3. The number of allylic oxidation sites excluding steroid dienone is 5. The maximum Gasteiger partial charge on any atom is 0.305 e. The van der Waals surface area contributed by atoms with Crippen LogP contribution in [0.25, 0.3) is 0 Å². The summed E-state index contributed by atoms with van der Waals surface area (Å²) >= 11 is 0. The van der Waals surface area contributed by atoms with Crippen molar-refractivity contribution in [3.8, 4) is 0 Å². The molecule has 6 nitrogen and oxygen atoms in total. The Hall–Kier alpha value is -1.92. The van der Waals surface area contributed by atoms with Gasteiger partial charge >= 0.3 is 5.97 Å². The van der Waals surface area contributed by atoms with E-state index in [0.717, 1.165) is 77.0 Å². The van der Waals surface area contributed by atoms with Gasteiger partial charge in [0.15, 0.2) is 0 Å². The zero-order valence-electron chi connectivity index (χ0n) is 37.8. The topological polar surface area (TPSA) is 95.9 Å². The average molecular weight is 802 g/mol. The first-order valence-electron chi connectivity index (χ1n) is 24.8. The first kappa shape index (κ1) is 55.1. The van der Waals surface area contributed by atoms with E-state index in [2.05, 4.69) is 43.5 Å². The maximum absolute atomic E-state index is 12.4. The van der Waals surface area contributed by atoms with E-state index in [9.17, 15) is 19.8 Å². The maximum atomic E-state index is 12.4. The Bertz CT molecular complexity index is 931. The lowest BCUT2D eigenvalue weighted by molar-refractivity contribution is -0.143. The fourth-order valence-electron chi connectivity index (χ4n) is 7.27. The highest BCUT2D eigenvalue weighted by Crippen LogP contribution is 2.14. The molecule has 0 saturated heterocycles. The molecule has 0 aliphatic carbocycles. The molecule has 6 heteroatoms. The van der Waals surface area contributed by atoms with Gasteiger partial charge in [-0.15, -0.1) is 0 Å². The van der Waals surface area contributed by atoms with E-state index in [0.29, 0.717) is 19.4 Å². The van der Waals surface area contributed by atoms with Crippen LogP contribution >= 0.6 is 0 Å². The van der Waals surface area contributed by atoms with Crippen molar-refractivity contribution in [3.05, 3.63) is 36.5 Å². The normalized spacial score (nSPS) is 13.0. The third kappa shape index (κ3) is 43.5. The summed E-state index contributed by atoms with van der Waals surface area (Å²) in [7, 11) is 0. The van der Waals surface area contributed by atoms with E-state index in [1.54, 1.807) is 6.08 Å². The predicted octanol–water partition coefficient (Wildman–Crippen LogP) is 14.5. The highest BCUT2D eigenvalue weighted by molar-refractivity contribution is 5.76. The van der Waals surface area contributed by atoms with Gasteiger partial charge in [0.05, 0.1) is 25.4 Å². The Kier molecular flexibility index (Phi) is 45.2. The largest absolute Gasteiger partial charge is 0.466 e. The Balaban J connectivity index is 3.58. The highest BCUT2D eigenvalue weighted by Gasteiger charge is 2.18. The van der Waals surface area contributed by atoms with Crippen molar-refractivity contribution in [1.82, 2.24) is 5.32 Å². The molecule has 0 aromatic rings. The molecule has 0 bridgehead atoms. The van der Waals surface area contributed by atoms with Gasteiger partial charge in [-0.1, -0.05) is 192 Å². The van der Waals surface area contributed by atoms with E-state index in [4.69, 9.17) is 4.74 Å². The van der Waals surface area contributed by atoms with Crippen LogP contribution in [0, 0.1) is 0 Å². The second kappa shape index (κ2) is 46.8. The van der Waals surface area contributed by atoms with Crippen LogP contribution in [0.15, 0.2) is 36.5 Å². The van der Waals surface area contributed by atoms with Crippen molar-refractivity contribution in [2.75, 3.05) is 13.2 Å². The third-order valence-corrected chi connectivity index (χ3v) is 11.1. The number of nitrogens with one attached hydrogen (secondary N) is 1. The second-order valence-corrected chi connectivity index (χ2v) is 16.8. The fourth-order valence-corrected chi connectivity index (χ4v) is 7.27. The van der Waals surface area contributed by atoms with Gasteiger partial charge in [-0.25, -0.2) is 0 Å². The van der Waals surface area contributed by atoms with Gasteiger partial charge in [0, 0.05) is 12.8 Å². The van der Waals surface area contributed by atoms with Crippen molar-refractivity contribution in [2.45, 2.75) is 264 Å². The number of hydrogen-bond acceptors (Lipinski definition) is 5. The van der Waals surface area contributed by atoms with Crippen LogP contribution in [0.3, 0.4) is 0 Å². The van der Waals surface area contributed by atoms with Gasteiger partial charge < -0.3 is 20.3 Å². The molecule has 0 fully saturated rings. The summed E-state index contributed by atoms with van der Waals surface area (Å²) in [5.74, 6) is -0.152. The van der Waals surface area contributed by atoms with Crippen molar-refractivity contribution in [1.29, 1.82) is 0 Å². The number of rotatable bonds is 45. The number of esters is 1. The minimum atomic E-state index is -0.866. The molecule has 0 saturated carbocycles. The summed E-state index contributed by atoms with van der Waals surface area (Å²) in [6, 6.07) is -0.653. The number of aliphatic hydroxyl groups is 2. The third-order valence-electron chi connectivity index (χ3n) is 11.1. The van der Waals surface area contributed by atoms with Crippen LogP contribution < -0.4 is 5.32 Å². The molecule has 0 rings (SSSR count). The van der Waals surface area contributed by atoms with Crippen LogP contribution in [0.4, 0.5) is 0 Å². The number of amides is 1. The van der Waals surface area contributed by atoms with Gasteiger partial charge in [0.1, 0.15) is 0 Å². The number of unbranched alkanes of at least 4 members (excludes halogenated alkanes) is 30. The van der Waals surface area contributed by atoms with E-state index >= 15 is 0 Å². The van der Waals surface area contributed by atoms with Crippen molar-refractivity contribution >= 4 is 11.9 Å². The molecular formula is C51H95NO5. The second-order valence-electron chi connectivity index (χ2n) is 16.8. The lowest BCUT2D eigenvalue weighted by Crippen LogP contribution is -2.45. The SMILES string of the molecule is CCCCCCCC/C=C\CCCCCCCC(=O)OCCCC/C=C\CCCCCCC(=O)NC(CO)C(O)/C=C/CCCCCCCCCCCCCCC. The summed E-state index contributed by atoms with van der Waals surface area (Å²) in [5.41, 5.74) is 0. The van der Waals surface area contributed by atoms with Crippen molar-refractivity contribution in [2.24, 2.45) is 0 Å². The van der Waals surface area contributed by atoms with Gasteiger partial charge in [-0.3, -0.25) is 9.59 Å². The zero-order valence-corrected chi connectivity index (χ0v) is 37.8. The lowest BCUT2D eigenvalue weighted by atomic mass is 10.0. The molecule has 2 unspecified atom stereocenters. The molecule has 0 heterocycles. The number of carbonyl (C=O) groups excluding carboxylic acids is 2.